The number of ether oxygens (including phenoxy) is 2. The topological polar surface area (TPSA) is 95.3 Å². The van der Waals surface area contributed by atoms with Gasteiger partial charge in [0.05, 0.1) is 19.5 Å². The SMILES string of the molecule is CCOC(=O)CNC(=O)CSc1nnc(-c2ccc(OC)cc2)n1-c1ccc(C)cc1. The second kappa shape index (κ2) is 10.6. The number of carbonyl (C=O) groups is 2. The Balaban J connectivity index is 1.83. The van der Waals surface area contributed by atoms with Crippen molar-refractivity contribution in [2.24, 2.45) is 0 Å². The number of esters is 1. The normalized spacial score (nSPS) is 10.5. The van der Waals surface area contributed by atoms with E-state index in [0.29, 0.717) is 11.0 Å². The molecule has 31 heavy (non-hydrogen) atoms. The van der Waals surface area contributed by atoms with Gasteiger partial charge in [0.25, 0.3) is 0 Å². The van der Waals surface area contributed by atoms with Crippen LogP contribution in [0.3, 0.4) is 0 Å². The van der Waals surface area contributed by atoms with Gasteiger partial charge in [0.2, 0.25) is 5.91 Å². The van der Waals surface area contributed by atoms with Crippen LogP contribution in [-0.4, -0.2) is 52.7 Å². The number of methoxy groups -OCH3 is 1. The highest BCUT2D eigenvalue weighted by Crippen LogP contribution is 2.29. The van der Waals surface area contributed by atoms with Gasteiger partial charge in [0.15, 0.2) is 11.0 Å². The number of amides is 1. The second-order valence-electron chi connectivity index (χ2n) is 6.58. The first kappa shape index (κ1) is 22.4. The third-order valence-corrected chi connectivity index (χ3v) is 5.27. The number of nitrogens with one attached hydrogen (secondary N) is 1. The summed E-state index contributed by atoms with van der Waals surface area (Å²) < 4.78 is 12.0. The molecule has 0 atom stereocenters. The fourth-order valence-electron chi connectivity index (χ4n) is 2.78. The van der Waals surface area contributed by atoms with E-state index in [1.807, 2.05) is 60.0 Å². The number of aromatic nitrogens is 3. The average molecular weight is 441 g/mol. The summed E-state index contributed by atoms with van der Waals surface area (Å²) in [5, 5.41) is 11.8. The summed E-state index contributed by atoms with van der Waals surface area (Å²) in [6.07, 6.45) is 0. The lowest BCUT2D eigenvalue weighted by Gasteiger charge is -2.11. The van der Waals surface area contributed by atoms with E-state index in [-0.39, 0.29) is 24.8 Å². The van der Waals surface area contributed by atoms with Gasteiger partial charge in [0.1, 0.15) is 12.3 Å². The van der Waals surface area contributed by atoms with E-state index in [0.717, 1.165) is 22.6 Å². The molecule has 0 fully saturated rings. The van der Waals surface area contributed by atoms with Crippen LogP contribution in [0, 0.1) is 6.92 Å². The number of benzene rings is 2. The summed E-state index contributed by atoms with van der Waals surface area (Å²) in [4.78, 5) is 23.6. The zero-order valence-corrected chi connectivity index (χ0v) is 18.4. The molecule has 3 aromatic rings. The number of rotatable bonds is 9. The van der Waals surface area contributed by atoms with Crippen molar-refractivity contribution in [1.82, 2.24) is 20.1 Å². The van der Waals surface area contributed by atoms with Crippen LogP contribution < -0.4 is 10.1 Å². The molecule has 9 heteroatoms. The molecule has 1 N–H and O–H groups in total. The van der Waals surface area contributed by atoms with Gasteiger partial charge in [0, 0.05) is 11.3 Å². The standard InChI is InChI=1S/C22H24N4O4S/c1-4-30-20(28)13-23-19(27)14-31-22-25-24-21(16-7-11-18(29-3)12-8-16)26(22)17-9-5-15(2)6-10-17/h5-12H,4,13-14H2,1-3H3,(H,23,27). The zero-order valence-electron chi connectivity index (χ0n) is 17.6. The van der Waals surface area contributed by atoms with Crippen LogP contribution in [0.15, 0.2) is 53.7 Å². The number of aryl methyl sites for hydroxylation is 1. The Bertz CT molecular complexity index is 1030. The molecule has 0 spiro atoms. The molecule has 0 radical (unpaired) electrons. The van der Waals surface area contributed by atoms with Crippen molar-refractivity contribution in [3.63, 3.8) is 0 Å². The van der Waals surface area contributed by atoms with Crippen LogP contribution in [0.4, 0.5) is 0 Å². The lowest BCUT2D eigenvalue weighted by Crippen LogP contribution is -2.31. The van der Waals surface area contributed by atoms with Crippen molar-refractivity contribution in [1.29, 1.82) is 0 Å². The minimum atomic E-state index is -0.467. The molecule has 8 nitrogen and oxygen atoms in total. The van der Waals surface area contributed by atoms with Crippen LogP contribution in [0.2, 0.25) is 0 Å². The number of hydrogen-bond donors (Lipinski definition) is 1. The molecule has 0 saturated heterocycles. The molecular weight excluding hydrogens is 416 g/mol. The van der Waals surface area contributed by atoms with Gasteiger partial charge < -0.3 is 14.8 Å². The van der Waals surface area contributed by atoms with Gasteiger partial charge >= 0.3 is 5.97 Å². The Labute approximate surface area is 185 Å². The van der Waals surface area contributed by atoms with Crippen molar-refractivity contribution in [2.45, 2.75) is 19.0 Å². The molecule has 0 aliphatic heterocycles. The molecule has 0 aliphatic rings. The summed E-state index contributed by atoms with van der Waals surface area (Å²) in [6, 6.07) is 15.5. The Kier molecular flexibility index (Phi) is 7.66. The van der Waals surface area contributed by atoms with Gasteiger partial charge in [-0.25, -0.2) is 0 Å². The van der Waals surface area contributed by atoms with Crippen molar-refractivity contribution in [3.8, 4) is 22.8 Å². The van der Waals surface area contributed by atoms with Gasteiger partial charge in [-0.05, 0) is 50.2 Å². The molecule has 3 rings (SSSR count). The molecule has 2 aromatic carbocycles. The minimum Gasteiger partial charge on any atom is -0.497 e. The Morgan fingerprint density at radius 3 is 2.42 bits per heavy atom. The summed E-state index contributed by atoms with van der Waals surface area (Å²) in [7, 11) is 1.62. The molecule has 1 amide bonds. The van der Waals surface area contributed by atoms with Crippen LogP contribution >= 0.6 is 11.8 Å². The summed E-state index contributed by atoms with van der Waals surface area (Å²) >= 11 is 1.24. The van der Waals surface area contributed by atoms with Crippen LogP contribution in [-0.2, 0) is 14.3 Å². The molecule has 0 unspecified atom stereocenters. The maximum atomic E-state index is 12.2. The maximum Gasteiger partial charge on any atom is 0.325 e. The van der Waals surface area contributed by atoms with Gasteiger partial charge in [-0.3, -0.25) is 14.2 Å². The number of carbonyl (C=O) groups excluding carboxylic acids is 2. The lowest BCUT2D eigenvalue weighted by molar-refractivity contribution is -0.143. The summed E-state index contributed by atoms with van der Waals surface area (Å²) in [5.74, 6) is 0.735. The summed E-state index contributed by atoms with van der Waals surface area (Å²) in [6.45, 7) is 3.85. The van der Waals surface area contributed by atoms with Crippen molar-refractivity contribution in [2.75, 3.05) is 26.0 Å². The molecule has 0 bridgehead atoms. The monoisotopic (exact) mass is 440 g/mol. The van der Waals surface area contributed by atoms with Crippen LogP contribution in [0.5, 0.6) is 5.75 Å². The van der Waals surface area contributed by atoms with E-state index in [9.17, 15) is 9.59 Å². The van der Waals surface area contributed by atoms with E-state index in [2.05, 4.69) is 15.5 Å². The first-order valence-corrected chi connectivity index (χ1v) is 10.7. The van der Waals surface area contributed by atoms with E-state index < -0.39 is 5.97 Å². The minimum absolute atomic E-state index is 0.0893. The highest BCUT2D eigenvalue weighted by molar-refractivity contribution is 7.99. The van der Waals surface area contributed by atoms with Gasteiger partial charge in [-0.2, -0.15) is 0 Å². The molecule has 0 aliphatic carbocycles. The van der Waals surface area contributed by atoms with Crippen molar-refractivity contribution in [3.05, 3.63) is 54.1 Å². The lowest BCUT2D eigenvalue weighted by atomic mass is 10.2. The molecule has 0 saturated carbocycles. The average Bonchev–Trinajstić information content (AvgIpc) is 3.21. The molecule has 1 heterocycles. The molecule has 162 valence electrons. The first-order valence-electron chi connectivity index (χ1n) is 9.73. The maximum absolute atomic E-state index is 12.2. The largest absolute Gasteiger partial charge is 0.497 e. The van der Waals surface area contributed by atoms with Crippen molar-refractivity contribution < 1.29 is 19.1 Å². The van der Waals surface area contributed by atoms with Crippen LogP contribution in [0.1, 0.15) is 12.5 Å². The number of hydrogen-bond acceptors (Lipinski definition) is 7. The quantitative estimate of drug-likeness (QED) is 0.404. The fraction of sp³-hybridized carbons (Fsp3) is 0.273. The third-order valence-electron chi connectivity index (χ3n) is 4.34. The van der Waals surface area contributed by atoms with E-state index in [1.165, 1.54) is 11.8 Å². The molecule has 1 aromatic heterocycles. The van der Waals surface area contributed by atoms with E-state index in [4.69, 9.17) is 9.47 Å². The Morgan fingerprint density at radius 1 is 1.06 bits per heavy atom. The predicted octanol–water partition coefficient (Wildman–Crippen LogP) is 3.02. The highest BCUT2D eigenvalue weighted by atomic mass is 32.2. The third kappa shape index (κ3) is 5.85. The van der Waals surface area contributed by atoms with Crippen LogP contribution in [0.25, 0.3) is 17.1 Å². The van der Waals surface area contributed by atoms with E-state index >= 15 is 0 Å². The number of thioether (sulfide) groups is 1. The van der Waals surface area contributed by atoms with Crippen molar-refractivity contribution >= 4 is 23.6 Å². The smallest absolute Gasteiger partial charge is 0.325 e. The zero-order chi connectivity index (χ0) is 22.2. The summed E-state index contributed by atoms with van der Waals surface area (Å²) in [5.41, 5.74) is 2.89. The molecular formula is C22H24N4O4S. The Morgan fingerprint density at radius 2 is 1.77 bits per heavy atom. The second-order valence-corrected chi connectivity index (χ2v) is 7.52. The van der Waals surface area contributed by atoms with E-state index in [1.54, 1.807) is 14.0 Å². The predicted molar refractivity (Wildman–Crippen MR) is 118 cm³/mol. The number of nitrogens with zero attached hydrogens (tertiary/aromatic N) is 3. The van der Waals surface area contributed by atoms with Gasteiger partial charge in [-0.15, -0.1) is 10.2 Å². The Hall–Kier alpha value is -3.33. The van der Waals surface area contributed by atoms with Gasteiger partial charge in [-0.1, -0.05) is 29.5 Å². The fourth-order valence-corrected chi connectivity index (χ4v) is 3.56. The highest BCUT2D eigenvalue weighted by Gasteiger charge is 2.18. The first-order chi connectivity index (χ1) is 15.0.